The SMILES string of the molecule is Cc1ccncc1-c1cc(N)c2cnc(NC(=O)C=C3CCC(CO)CC3)cc2c1. The minimum Gasteiger partial charge on any atom is -0.398 e. The van der Waals surface area contributed by atoms with Gasteiger partial charge in [0.1, 0.15) is 5.82 Å². The van der Waals surface area contributed by atoms with Crippen LogP contribution in [0.15, 0.2) is 54.5 Å². The fraction of sp³-hybridized carbons (Fsp3) is 0.292. The van der Waals surface area contributed by atoms with Crippen LogP contribution in [0.2, 0.25) is 0 Å². The molecule has 4 N–H and O–H groups in total. The van der Waals surface area contributed by atoms with Gasteiger partial charge in [-0.15, -0.1) is 0 Å². The number of nitrogens with one attached hydrogen (secondary N) is 1. The second kappa shape index (κ2) is 8.63. The fourth-order valence-corrected chi connectivity index (χ4v) is 4.00. The summed E-state index contributed by atoms with van der Waals surface area (Å²) in [6.45, 7) is 2.27. The van der Waals surface area contributed by atoms with E-state index in [9.17, 15) is 9.90 Å². The number of nitrogens with two attached hydrogens (primary N) is 1. The molecule has 1 saturated carbocycles. The molecule has 1 aliphatic carbocycles. The summed E-state index contributed by atoms with van der Waals surface area (Å²) in [6, 6.07) is 7.79. The number of rotatable bonds is 4. The number of allylic oxidation sites excluding steroid dienone is 1. The lowest BCUT2D eigenvalue weighted by Gasteiger charge is -2.21. The number of fused-ring (bicyclic) bond motifs is 1. The number of anilines is 2. The molecule has 2 aromatic heterocycles. The zero-order valence-corrected chi connectivity index (χ0v) is 17.1. The van der Waals surface area contributed by atoms with E-state index in [4.69, 9.17) is 5.73 Å². The molecular weight excluding hydrogens is 376 g/mol. The number of aryl methyl sites for hydroxylation is 1. The summed E-state index contributed by atoms with van der Waals surface area (Å²) in [5, 5.41) is 13.9. The van der Waals surface area contributed by atoms with Crippen LogP contribution in [0.3, 0.4) is 0 Å². The van der Waals surface area contributed by atoms with E-state index in [-0.39, 0.29) is 12.5 Å². The van der Waals surface area contributed by atoms with Gasteiger partial charge in [-0.3, -0.25) is 9.78 Å². The lowest BCUT2D eigenvalue weighted by molar-refractivity contribution is -0.112. The number of aliphatic hydroxyl groups excluding tert-OH is 1. The summed E-state index contributed by atoms with van der Waals surface area (Å²) in [5.41, 5.74) is 11.2. The second-order valence-corrected chi connectivity index (χ2v) is 7.96. The first-order chi connectivity index (χ1) is 14.5. The Labute approximate surface area is 175 Å². The molecule has 6 nitrogen and oxygen atoms in total. The molecule has 2 heterocycles. The third-order valence-corrected chi connectivity index (χ3v) is 5.81. The third kappa shape index (κ3) is 4.33. The van der Waals surface area contributed by atoms with E-state index in [1.54, 1.807) is 18.5 Å². The molecular formula is C24H26N4O2. The highest BCUT2D eigenvalue weighted by molar-refractivity contribution is 6.02. The maximum Gasteiger partial charge on any atom is 0.249 e. The first-order valence-corrected chi connectivity index (χ1v) is 10.2. The monoisotopic (exact) mass is 402 g/mol. The Bertz CT molecular complexity index is 1110. The van der Waals surface area contributed by atoms with Gasteiger partial charge in [0, 0.05) is 47.9 Å². The average Bonchev–Trinajstić information content (AvgIpc) is 2.74. The third-order valence-electron chi connectivity index (χ3n) is 5.81. The van der Waals surface area contributed by atoms with Crippen LogP contribution in [0, 0.1) is 12.8 Å². The molecule has 6 heteroatoms. The van der Waals surface area contributed by atoms with Gasteiger partial charge in [-0.2, -0.15) is 0 Å². The first kappa shape index (κ1) is 20.0. The van der Waals surface area contributed by atoms with E-state index in [0.717, 1.165) is 58.7 Å². The predicted molar refractivity (Wildman–Crippen MR) is 120 cm³/mol. The Morgan fingerprint density at radius 3 is 2.80 bits per heavy atom. The van der Waals surface area contributed by atoms with Gasteiger partial charge in [0.25, 0.3) is 0 Å². The molecule has 1 amide bonds. The number of carbonyl (C=O) groups excluding carboxylic acids is 1. The summed E-state index contributed by atoms with van der Waals surface area (Å²) in [6.07, 6.45) is 10.5. The van der Waals surface area contributed by atoms with E-state index >= 15 is 0 Å². The Hall–Kier alpha value is -3.25. The van der Waals surface area contributed by atoms with Crippen molar-refractivity contribution in [3.63, 3.8) is 0 Å². The maximum atomic E-state index is 12.5. The topological polar surface area (TPSA) is 101 Å². The smallest absolute Gasteiger partial charge is 0.249 e. The van der Waals surface area contributed by atoms with Crippen LogP contribution >= 0.6 is 0 Å². The minimum atomic E-state index is -0.175. The summed E-state index contributed by atoms with van der Waals surface area (Å²) >= 11 is 0. The van der Waals surface area contributed by atoms with Crippen LogP contribution in [0.25, 0.3) is 21.9 Å². The number of benzene rings is 1. The number of nitrogen functional groups attached to an aromatic ring is 1. The summed E-state index contributed by atoms with van der Waals surface area (Å²) < 4.78 is 0. The number of amides is 1. The standard InChI is InChI=1S/C24H26N4O2/c1-15-6-7-26-12-20(15)18-9-19-11-23(27-13-21(19)22(25)10-18)28-24(30)8-16-2-4-17(14-29)5-3-16/h6-13,17,29H,2-5,14,25H2,1H3,(H,27,28,30). The highest BCUT2D eigenvalue weighted by Crippen LogP contribution is 2.31. The van der Waals surface area contributed by atoms with Crippen molar-refractivity contribution in [2.75, 3.05) is 17.7 Å². The Morgan fingerprint density at radius 1 is 1.27 bits per heavy atom. The van der Waals surface area contributed by atoms with Crippen molar-refractivity contribution in [2.24, 2.45) is 5.92 Å². The van der Waals surface area contributed by atoms with Crippen molar-refractivity contribution in [3.05, 3.63) is 60.1 Å². The molecule has 1 fully saturated rings. The van der Waals surface area contributed by atoms with Crippen LogP contribution in [0.1, 0.15) is 31.2 Å². The van der Waals surface area contributed by atoms with E-state index in [0.29, 0.717) is 17.4 Å². The van der Waals surface area contributed by atoms with E-state index in [1.807, 2.05) is 37.4 Å². The molecule has 4 rings (SSSR count). The van der Waals surface area contributed by atoms with Gasteiger partial charge in [-0.1, -0.05) is 5.57 Å². The summed E-state index contributed by atoms with van der Waals surface area (Å²) in [5.74, 6) is 0.676. The molecule has 30 heavy (non-hydrogen) atoms. The lowest BCUT2D eigenvalue weighted by Crippen LogP contribution is -2.15. The number of hydrogen-bond donors (Lipinski definition) is 3. The summed E-state index contributed by atoms with van der Waals surface area (Å²) in [4.78, 5) is 21.0. The number of aromatic nitrogens is 2. The molecule has 154 valence electrons. The lowest BCUT2D eigenvalue weighted by atomic mass is 9.86. The normalized spacial score (nSPS) is 16.5. The molecule has 0 saturated heterocycles. The largest absolute Gasteiger partial charge is 0.398 e. The van der Waals surface area contributed by atoms with Crippen molar-refractivity contribution in [1.82, 2.24) is 9.97 Å². The van der Waals surface area contributed by atoms with Gasteiger partial charge in [0.05, 0.1) is 0 Å². The molecule has 0 unspecified atom stereocenters. The summed E-state index contributed by atoms with van der Waals surface area (Å²) in [7, 11) is 0. The van der Waals surface area contributed by atoms with Crippen molar-refractivity contribution in [3.8, 4) is 11.1 Å². The molecule has 0 spiro atoms. The van der Waals surface area contributed by atoms with Crippen molar-refractivity contribution < 1.29 is 9.90 Å². The van der Waals surface area contributed by atoms with Gasteiger partial charge in [-0.25, -0.2) is 4.98 Å². The van der Waals surface area contributed by atoms with Gasteiger partial charge in [-0.05, 0) is 79.3 Å². The highest BCUT2D eigenvalue weighted by Gasteiger charge is 2.16. The van der Waals surface area contributed by atoms with E-state index in [1.165, 1.54) is 0 Å². The Morgan fingerprint density at radius 2 is 2.07 bits per heavy atom. The Balaban J connectivity index is 1.57. The average molecular weight is 402 g/mol. The Kier molecular flexibility index (Phi) is 5.77. The molecule has 3 aromatic rings. The van der Waals surface area contributed by atoms with Crippen LogP contribution in [-0.2, 0) is 4.79 Å². The number of aliphatic hydroxyl groups is 1. The van der Waals surface area contributed by atoms with Crippen LogP contribution in [0.5, 0.6) is 0 Å². The van der Waals surface area contributed by atoms with Crippen molar-refractivity contribution in [2.45, 2.75) is 32.6 Å². The molecule has 1 aromatic carbocycles. The highest BCUT2D eigenvalue weighted by atomic mass is 16.3. The van der Waals surface area contributed by atoms with Crippen LogP contribution in [-0.4, -0.2) is 27.6 Å². The number of pyridine rings is 2. The van der Waals surface area contributed by atoms with E-state index < -0.39 is 0 Å². The maximum absolute atomic E-state index is 12.5. The van der Waals surface area contributed by atoms with Crippen molar-refractivity contribution >= 4 is 28.2 Å². The fourth-order valence-electron chi connectivity index (χ4n) is 4.00. The van der Waals surface area contributed by atoms with Crippen molar-refractivity contribution in [1.29, 1.82) is 0 Å². The zero-order valence-electron chi connectivity index (χ0n) is 17.1. The minimum absolute atomic E-state index is 0.175. The number of nitrogens with zero attached hydrogens (tertiary/aromatic N) is 2. The molecule has 0 bridgehead atoms. The van der Waals surface area contributed by atoms with Gasteiger partial charge >= 0.3 is 0 Å². The number of carbonyl (C=O) groups is 1. The van der Waals surface area contributed by atoms with E-state index in [2.05, 4.69) is 15.3 Å². The zero-order chi connectivity index (χ0) is 21.1. The van der Waals surface area contributed by atoms with Crippen LogP contribution in [0.4, 0.5) is 11.5 Å². The second-order valence-electron chi connectivity index (χ2n) is 7.96. The van der Waals surface area contributed by atoms with Crippen LogP contribution < -0.4 is 11.1 Å². The molecule has 0 atom stereocenters. The van der Waals surface area contributed by atoms with Gasteiger partial charge < -0.3 is 16.2 Å². The first-order valence-electron chi connectivity index (χ1n) is 10.2. The molecule has 1 aliphatic rings. The predicted octanol–water partition coefficient (Wildman–Crippen LogP) is 4.23. The van der Waals surface area contributed by atoms with Gasteiger partial charge in [0.2, 0.25) is 5.91 Å². The molecule has 0 aliphatic heterocycles. The quantitative estimate of drug-likeness (QED) is 0.448. The molecule has 0 radical (unpaired) electrons. The van der Waals surface area contributed by atoms with Gasteiger partial charge in [0.15, 0.2) is 0 Å². The number of hydrogen-bond acceptors (Lipinski definition) is 5.